The molecule has 2 saturated heterocycles. The van der Waals surface area contributed by atoms with Crippen LogP contribution in [0.4, 0.5) is 10.2 Å². The normalized spacial score (nSPS) is 19.1. The molecule has 220 valence electrons. The van der Waals surface area contributed by atoms with E-state index in [-0.39, 0.29) is 11.2 Å². The van der Waals surface area contributed by atoms with Gasteiger partial charge in [-0.25, -0.2) is 19.3 Å². The Hall–Kier alpha value is -4.34. The van der Waals surface area contributed by atoms with E-state index in [0.717, 1.165) is 62.4 Å². The number of aliphatic hydroxyl groups is 1. The molecule has 2 aromatic heterocycles. The molecule has 1 unspecified atom stereocenters. The molecule has 0 bridgehead atoms. The highest BCUT2D eigenvalue weighted by Crippen LogP contribution is 2.45. The van der Waals surface area contributed by atoms with Gasteiger partial charge in [0.1, 0.15) is 17.9 Å². The van der Waals surface area contributed by atoms with Gasteiger partial charge in [-0.3, -0.25) is 4.90 Å². The summed E-state index contributed by atoms with van der Waals surface area (Å²) < 4.78 is 21.0. The lowest BCUT2D eigenvalue weighted by molar-refractivity contribution is 0.0792. The number of aromatic nitrogens is 4. The molecule has 4 heterocycles. The lowest BCUT2D eigenvalue weighted by Gasteiger charge is -2.26. The fourth-order valence-corrected chi connectivity index (χ4v) is 6.74. The Morgan fingerprint density at radius 3 is 2.72 bits per heavy atom. The molecule has 9 heteroatoms. The molecule has 3 aromatic carbocycles. The minimum absolute atomic E-state index is 0.187. The second-order valence-corrected chi connectivity index (χ2v) is 12.4. The van der Waals surface area contributed by atoms with Crippen LogP contribution in [0.25, 0.3) is 22.2 Å². The molecule has 7 rings (SSSR count). The number of likely N-dealkylation sites (tertiary alicyclic amines) is 1. The van der Waals surface area contributed by atoms with Crippen LogP contribution in [0.5, 0.6) is 11.5 Å². The van der Waals surface area contributed by atoms with Gasteiger partial charge in [0.05, 0.1) is 29.2 Å². The molecule has 2 aliphatic heterocycles. The fourth-order valence-electron chi connectivity index (χ4n) is 6.74. The summed E-state index contributed by atoms with van der Waals surface area (Å²) in [6.45, 7) is 8.20. The minimum atomic E-state index is -1.12. The molecule has 0 aliphatic carbocycles. The van der Waals surface area contributed by atoms with Crippen molar-refractivity contribution in [3.05, 3.63) is 96.5 Å². The van der Waals surface area contributed by atoms with Crippen molar-refractivity contribution in [2.45, 2.75) is 38.8 Å². The Bertz CT molecular complexity index is 1780. The summed E-state index contributed by atoms with van der Waals surface area (Å²) in [5, 5.41) is 10.8. The van der Waals surface area contributed by atoms with Crippen molar-refractivity contribution in [1.29, 1.82) is 0 Å². The Labute approximate surface area is 250 Å². The summed E-state index contributed by atoms with van der Waals surface area (Å²) in [6, 6.07) is 18.4. The molecule has 2 aliphatic rings. The number of hydrogen-bond acceptors (Lipinski definition) is 7. The summed E-state index contributed by atoms with van der Waals surface area (Å²) in [7, 11) is 0. The summed E-state index contributed by atoms with van der Waals surface area (Å²) in [5.74, 6) is 1.36. The van der Waals surface area contributed by atoms with Gasteiger partial charge in [-0.15, -0.1) is 0 Å². The number of fused-ring (bicyclic) bond motifs is 1. The summed E-state index contributed by atoms with van der Waals surface area (Å²) in [6.07, 6.45) is 7.17. The van der Waals surface area contributed by atoms with Crippen LogP contribution >= 0.6 is 0 Å². The van der Waals surface area contributed by atoms with Crippen molar-refractivity contribution in [3.63, 3.8) is 0 Å². The number of rotatable bonds is 7. The van der Waals surface area contributed by atoms with Gasteiger partial charge in [0.25, 0.3) is 0 Å². The lowest BCUT2D eigenvalue weighted by Crippen LogP contribution is -2.31. The van der Waals surface area contributed by atoms with Gasteiger partial charge in [0.15, 0.2) is 11.6 Å². The van der Waals surface area contributed by atoms with Crippen molar-refractivity contribution in [2.75, 3.05) is 31.1 Å². The number of aromatic amines is 1. The highest BCUT2D eigenvalue weighted by Gasteiger charge is 2.44. The highest BCUT2D eigenvalue weighted by atomic mass is 19.1. The first-order chi connectivity index (χ1) is 20.8. The van der Waals surface area contributed by atoms with Crippen LogP contribution in [0, 0.1) is 11.2 Å². The molecule has 0 amide bonds. The maximum Gasteiger partial charge on any atom is 0.188 e. The lowest BCUT2D eigenvalue weighted by atomic mass is 9.86. The number of imidazole rings is 1. The van der Waals surface area contributed by atoms with E-state index in [1.807, 2.05) is 24.3 Å². The Morgan fingerprint density at radius 2 is 1.84 bits per heavy atom. The van der Waals surface area contributed by atoms with E-state index in [4.69, 9.17) is 4.74 Å². The molecule has 8 nitrogen and oxygen atoms in total. The van der Waals surface area contributed by atoms with Crippen LogP contribution in [-0.2, 0) is 12.1 Å². The first kappa shape index (κ1) is 27.5. The van der Waals surface area contributed by atoms with Crippen LogP contribution in [0.3, 0.4) is 0 Å². The number of nitrogens with one attached hydrogen (secondary N) is 1. The summed E-state index contributed by atoms with van der Waals surface area (Å²) in [4.78, 5) is 21.3. The van der Waals surface area contributed by atoms with Crippen molar-refractivity contribution < 1.29 is 14.2 Å². The predicted octanol–water partition coefficient (Wildman–Crippen LogP) is 6.28. The SMILES string of the molecule is CC(C)(O)c1ccccc1-c1cc(F)ccc1Oc1cncnc1N1CCC2(CCN(Cc3ccc4nc[nH]c4c3)C2)C1. The molecule has 1 spiro atoms. The van der Waals surface area contributed by atoms with E-state index in [1.165, 1.54) is 17.7 Å². The van der Waals surface area contributed by atoms with Gasteiger partial charge in [-0.2, -0.15) is 0 Å². The van der Waals surface area contributed by atoms with Crippen LogP contribution in [0.15, 0.2) is 79.5 Å². The number of halogens is 1. The Balaban J connectivity index is 1.11. The standard InChI is InChI=1S/C34H35FN6O2/c1-33(2,42)27-6-4-3-5-25(27)26-16-24(35)8-10-30(26)43-31-17-36-21-39-32(31)41-14-12-34(20-41)11-13-40(19-34)18-23-7-9-28-29(15-23)38-22-37-28/h3-10,15-17,21-22,42H,11-14,18-20H2,1-2H3,(H,37,38). The minimum Gasteiger partial charge on any atom is -0.451 e. The van der Waals surface area contributed by atoms with Crippen LogP contribution in [-0.4, -0.2) is 56.1 Å². The monoisotopic (exact) mass is 578 g/mol. The van der Waals surface area contributed by atoms with Crippen molar-refractivity contribution >= 4 is 16.9 Å². The topological polar surface area (TPSA) is 90.4 Å². The third-order valence-corrected chi connectivity index (χ3v) is 8.84. The van der Waals surface area contributed by atoms with Crippen molar-refractivity contribution in [3.8, 4) is 22.6 Å². The van der Waals surface area contributed by atoms with E-state index < -0.39 is 5.60 Å². The van der Waals surface area contributed by atoms with E-state index in [0.29, 0.717) is 28.2 Å². The van der Waals surface area contributed by atoms with Gasteiger partial charge in [0, 0.05) is 37.2 Å². The average Bonchev–Trinajstić information content (AvgIpc) is 3.74. The molecule has 2 fully saturated rings. The highest BCUT2D eigenvalue weighted by molar-refractivity contribution is 5.76. The number of ether oxygens (including phenoxy) is 1. The van der Waals surface area contributed by atoms with Crippen LogP contribution in [0.1, 0.15) is 37.8 Å². The second-order valence-electron chi connectivity index (χ2n) is 12.4. The average molecular weight is 579 g/mol. The molecule has 0 saturated carbocycles. The smallest absolute Gasteiger partial charge is 0.188 e. The number of anilines is 1. The molecular weight excluding hydrogens is 543 g/mol. The Kier molecular flexibility index (Phi) is 6.86. The van der Waals surface area contributed by atoms with E-state index in [2.05, 4.69) is 47.9 Å². The van der Waals surface area contributed by atoms with Gasteiger partial charge >= 0.3 is 0 Å². The predicted molar refractivity (Wildman–Crippen MR) is 164 cm³/mol. The number of hydrogen-bond donors (Lipinski definition) is 2. The van der Waals surface area contributed by atoms with Gasteiger partial charge in [0.2, 0.25) is 0 Å². The zero-order valence-corrected chi connectivity index (χ0v) is 24.4. The Morgan fingerprint density at radius 1 is 0.977 bits per heavy atom. The van der Waals surface area contributed by atoms with Crippen LogP contribution < -0.4 is 9.64 Å². The number of H-pyrrole nitrogens is 1. The van der Waals surface area contributed by atoms with Gasteiger partial charge in [-0.05, 0) is 80.3 Å². The first-order valence-electron chi connectivity index (χ1n) is 14.8. The molecule has 0 radical (unpaired) electrons. The fraction of sp³-hybridized carbons (Fsp3) is 0.324. The quantitative estimate of drug-likeness (QED) is 0.235. The summed E-state index contributed by atoms with van der Waals surface area (Å²) in [5.41, 5.74) is 4.38. The summed E-state index contributed by atoms with van der Waals surface area (Å²) >= 11 is 0. The van der Waals surface area contributed by atoms with Crippen LogP contribution in [0.2, 0.25) is 0 Å². The first-order valence-corrected chi connectivity index (χ1v) is 14.8. The molecule has 5 aromatic rings. The number of nitrogens with zero attached hydrogens (tertiary/aromatic N) is 5. The second kappa shape index (κ2) is 10.7. The zero-order valence-electron chi connectivity index (χ0n) is 24.4. The van der Waals surface area contributed by atoms with Gasteiger partial charge in [-0.1, -0.05) is 30.3 Å². The third kappa shape index (κ3) is 5.46. The van der Waals surface area contributed by atoms with E-state index in [1.54, 1.807) is 38.8 Å². The number of benzene rings is 3. The van der Waals surface area contributed by atoms with Crippen molar-refractivity contribution in [1.82, 2.24) is 24.8 Å². The van der Waals surface area contributed by atoms with Crippen molar-refractivity contribution in [2.24, 2.45) is 5.41 Å². The molecule has 2 N–H and O–H groups in total. The molecule has 1 atom stereocenters. The zero-order chi connectivity index (χ0) is 29.6. The van der Waals surface area contributed by atoms with E-state index >= 15 is 0 Å². The maximum atomic E-state index is 14.6. The molecule has 43 heavy (non-hydrogen) atoms. The van der Waals surface area contributed by atoms with Gasteiger partial charge < -0.3 is 19.7 Å². The largest absolute Gasteiger partial charge is 0.451 e. The maximum absolute atomic E-state index is 14.6. The third-order valence-electron chi connectivity index (χ3n) is 8.84. The molecular formula is C34H35FN6O2. The van der Waals surface area contributed by atoms with E-state index in [9.17, 15) is 9.50 Å².